The summed E-state index contributed by atoms with van der Waals surface area (Å²) >= 11 is 0. The number of hydrogen-bond acceptors (Lipinski definition) is 11. The van der Waals surface area contributed by atoms with Gasteiger partial charge in [0.2, 0.25) is 0 Å². The van der Waals surface area contributed by atoms with Crippen LogP contribution in [0.2, 0.25) is 0 Å². The van der Waals surface area contributed by atoms with E-state index in [4.69, 9.17) is 28.1 Å². The Hall–Kier alpha value is -3.32. The highest BCUT2D eigenvalue weighted by molar-refractivity contribution is 5.79. The van der Waals surface area contributed by atoms with Gasteiger partial charge in [-0.25, -0.2) is 0 Å². The zero-order valence-corrected chi connectivity index (χ0v) is 30.2. The molecule has 6 rings (SSSR count). The fourth-order valence-electron chi connectivity index (χ4n) is 8.24. The van der Waals surface area contributed by atoms with E-state index in [2.05, 4.69) is 19.9 Å². The number of hydrogen-bond donors (Lipinski definition) is 3. The first kappa shape index (κ1) is 37.4. The van der Waals surface area contributed by atoms with Crippen LogP contribution in [0.3, 0.4) is 0 Å². The summed E-state index contributed by atoms with van der Waals surface area (Å²) in [5, 5.41) is 35.4. The molecule has 5 heterocycles. The van der Waals surface area contributed by atoms with Gasteiger partial charge in [0.15, 0.2) is 5.79 Å². The highest BCUT2D eigenvalue weighted by Gasteiger charge is 2.61. The maximum absolute atomic E-state index is 14.4. The Labute approximate surface area is 299 Å². The SMILES string of the molecule is C/C=C(\C)C1O[C@@]2(C[C@@H]3C[C@@H](C/C=C(\C)C[C@@H](C)/C=C/C=C4\COC5[C@H](O)C(COC(=O)Cc6ccoc6)=C[C@@H](C(=O)O3)[C@]45O)O2)C(O)C[C@@H]1C. The van der Waals surface area contributed by atoms with Crippen molar-refractivity contribution in [1.82, 2.24) is 0 Å². The summed E-state index contributed by atoms with van der Waals surface area (Å²) < 4.78 is 36.1. The van der Waals surface area contributed by atoms with Gasteiger partial charge in [-0.2, -0.15) is 0 Å². The van der Waals surface area contributed by atoms with Crippen LogP contribution in [0.15, 0.2) is 81.8 Å². The monoisotopic (exact) mass is 708 g/mol. The minimum absolute atomic E-state index is 0.0204. The smallest absolute Gasteiger partial charge is 0.316 e. The molecule has 0 amide bonds. The Morgan fingerprint density at radius 1 is 1.16 bits per heavy atom. The van der Waals surface area contributed by atoms with Gasteiger partial charge < -0.3 is 43.4 Å². The third kappa shape index (κ3) is 7.75. The summed E-state index contributed by atoms with van der Waals surface area (Å²) in [6, 6.07) is 1.66. The van der Waals surface area contributed by atoms with E-state index in [9.17, 15) is 24.9 Å². The standard InChI is InChI=1S/C40H52O11/c1-6-25(4)36-26(5)15-33(41)39(51-36)19-31-18-30(50-39)11-10-24(3)14-23(2)8-7-9-29-22-48-37-35(43)28(17-32(38(44)49-31)40(29,37)45)21-47-34(42)16-27-12-13-46-20-27/h6-10,12-13,17,20,23,26,30-33,35-37,41,43,45H,11,14-16,18-19,21-22H2,1-5H3/b8-7+,24-10+,25-6+,29-9+/t23-,26-,30+,31-,32-,33?,35+,36?,37?,39-,40+/m0/s1. The predicted molar refractivity (Wildman–Crippen MR) is 186 cm³/mol. The first-order valence-electron chi connectivity index (χ1n) is 18.1. The number of allylic oxidation sites excluding steroid dienone is 5. The number of ether oxygens (including phenoxy) is 5. The molecule has 11 atom stereocenters. The van der Waals surface area contributed by atoms with Gasteiger partial charge in [0.1, 0.15) is 42.5 Å². The molecule has 1 aliphatic carbocycles. The van der Waals surface area contributed by atoms with E-state index >= 15 is 0 Å². The molecule has 0 aromatic carbocycles. The minimum Gasteiger partial charge on any atom is -0.472 e. The van der Waals surface area contributed by atoms with Gasteiger partial charge in [-0.3, -0.25) is 9.59 Å². The summed E-state index contributed by atoms with van der Waals surface area (Å²) in [5.74, 6) is -3.78. The highest BCUT2D eigenvalue weighted by atomic mass is 16.7. The van der Waals surface area contributed by atoms with Crippen LogP contribution < -0.4 is 0 Å². The molecule has 51 heavy (non-hydrogen) atoms. The van der Waals surface area contributed by atoms with Gasteiger partial charge in [0.25, 0.3) is 0 Å². The molecular formula is C40H52O11. The van der Waals surface area contributed by atoms with Crippen molar-refractivity contribution in [3.63, 3.8) is 0 Å². The minimum atomic E-state index is -1.94. The molecule has 278 valence electrons. The number of aliphatic hydroxyl groups excluding tert-OH is 2. The molecular weight excluding hydrogens is 656 g/mol. The van der Waals surface area contributed by atoms with Crippen molar-refractivity contribution in [3.05, 3.63) is 82.9 Å². The Morgan fingerprint density at radius 2 is 1.96 bits per heavy atom. The lowest BCUT2D eigenvalue weighted by Crippen LogP contribution is -2.62. The summed E-state index contributed by atoms with van der Waals surface area (Å²) in [5.41, 5.74) is 1.54. The van der Waals surface area contributed by atoms with Crippen molar-refractivity contribution in [1.29, 1.82) is 0 Å². The summed E-state index contributed by atoms with van der Waals surface area (Å²) in [7, 11) is 0. The Balaban J connectivity index is 1.34. The molecule has 1 aromatic rings. The maximum Gasteiger partial charge on any atom is 0.316 e. The first-order valence-corrected chi connectivity index (χ1v) is 18.1. The van der Waals surface area contributed by atoms with Crippen LogP contribution in [0.5, 0.6) is 0 Å². The Bertz CT molecular complexity index is 1590. The van der Waals surface area contributed by atoms with Crippen LogP contribution in [0.25, 0.3) is 0 Å². The average Bonchev–Trinajstić information content (AvgIpc) is 3.72. The fraction of sp³-hybridized carbons (Fsp3) is 0.600. The number of carbonyl (C=O) groups is 2. The third-order valence-electron chi connectivity index (χ3n) is 11.1. The third-order valence-corrected chi connectivity index (χ3v) is 11.1. The molecule has 1 spiro atoms. The van der Waals surface area contributed by atoms with E-state index in [1.165, 1.54) is 24.2 Å². The second kappa shape index (κ2) is 15.3. The molecule has 2 bridgehead atoms. The van der Waals surface area contributed by atoms with E-state index in [0.29, 0.717) is 30.4 Å². The van der Waals surface area contributed by atoms with Gasteiger partial charge in [-0.05, 0) is 74.7 Å². The van der Waals surface area contributed by atoms with Crippen molar-refractivity contribution in [2.75, 3.05) is 13.2 Å². The number of fused-ring (bicyclic) bond motifs is 2. The van der Waals surface area contributed by atoms with E-state index in [0.717, 1.165) is 12.0 Å². The van der Waals surface area contributed by atoms with Crippen LogP contribution in [0, 0.1) is 17.8 Å². The molecule has 3 N–H and O–H groups in total. The van der Waals surface area contributed by atoms with Gasteiger partial charge in [0, 0.05) is 18.4 Å². The summed E-state index contributed by atoms with van der Waals surface area (Å²) in [4.78, 5) is 27.0. The molecule has 3 saturated heterocycles. The van der Waals surface area contributed by atoms with Crippen LogP contribution >= 0.6 is 0 Å². The molecule has 1 aromatic heterocycles. The fourth-order valence-corrected chi connectivity index (χ4v) is 8.24. The Kier molecular flexibility index (Phi) is 11.3. The van der Waals surface area contributed by atoms with Crippen LogP contribution in [-0.2, 0) is 39.7 Å². The largest absolute Gasteiger partial charge is 0.472 e. The molecule has 5 aliphatic rings. The first-order chi connectivity index (χ1) is 24.3. The van der Waals surface area contributed by atoms with E-state index in [1.807, 2.05) is 39.0 Å². The van der Waals surface area contributed by atoms with Crippen LogP contribution in [0.4, 0.5) is 0 Å². The molecule has 0 saturated carbocycles. The zero-order chi connectivity index (χ0) is 36.5. The van der Waals surface area contributed by atoms with E-state index in [1.54, 1.807) is 12.1 Å². The number of carbonyl (C=O) groups excluding carboxylic acids is 2. The molecule has 11 heteroatoms. The Morgan fingerprint density at radius 3 is 2.71 bits per heavy atom. The van der Waals surface area contributed by atoms with Gasteiger partial charge in [0.05, 0.1) is 37.8 Å². The van der Waals surface area contributed by atoms with Crippen LogP contribution in [0.1, 0.15) is 72.3 Å². The lowest BCUT2D eigenvalue weighted by atomic mass is 9.70. The topological polar surface area (TPSA) is 154 Å². The second-order valence-electron chi connectivity index (χ2n) is 15.1. The lowest BCUT2D eigenvalue weighted by molar-refractivity contribution is -0.363. The van der Waals surface area contributed by atoms with Gasteiger partial charge in [-0.15, -0.1) is 0 Å². The normalized spacial score (nSPS) is 41.7. The number of esters is 2. The molecule has 11 nitrogen and oxygen atoms in total. The zero-order valence-electron chi connectivity index (χ0n) is 30.2. The average molecular weight is 709 g/mol. The van der Waals surface area contributed by atoms with Crippen molar-refractivity contribution >= 4 is 11.9 Å². The van der Waals surface area contributed by atoms with Gasteiger partial charge >= 0.3 is 11.9 Å². The van der Waals surface area contributed by atoms with Crippen molar-refractivity contribution in [2.24, 2.45) is 17.8 Å². The highest BCUT2D eigenvalue weighted by Crippen LogP contribution is 2.48. The van der Waals surface area contributed by atoms with Crippen molar-refractivity contribution in [3.8, 4) is 0 Å². The van der Waals surface area contributed by atoms with Crippen LogP contribution in [-0.4, -0.2) is 88.5 Å². The van der Waals surface area contributed by atoms with Crippen molar-refractivity contribution in [2.45, 2.75) is 121 Å². The summed E-state index contributed by atoms with van der Waals surface area (Å²) in [6.45, 7) is 9.83. The van der Waals surface area contributed by atoms with E-state index in [-0.39, 0.29) is 49.6 Å². The lowest BCUT2D eigenvalue weighted by Gasteiger charge is -2.52. The van der Waals surface area contributed by atoms with Gasteiger partial charge in [-0.1, -0.05) is 55.9 Å². The number of rotatable bonds is 5. The summed E-state index contributed by atoms with van der Waals surface area (Å²) in [6.07, 6.45) is 11.3. The molecule has 3 unspecified atom stereocenters. The maximum atomic E-state index is 14.4. The molecule has 3 fully saturated rings. The van der Waals surface area contributed by atoms with E-state index < -0.39 is 59.8 Å². The van der Waals surface area contributed by atoms with Crippen molar-refractivity contribution < 1.29 is 53.0 Å². The predicted octanol–water partition coefficient (Wildman–Crippen LogP) is 4.81. The molecule has 0 radical (unpaired) electrons. The second-order valence-corrected chi connectivity index (χ2v) is 15.1. The molecule has 4 aliphatic heterocycles. The number of aliphatic hydroxyl groups is 3. The quantitative estimate of drug-likeness (QED) is 0.285. The number of furan rings is 1.